The first-order valence-electron chi connectivity index (χ1n) is 5.44. The largest absolute Gasteiger partial charge is 0.299 e. The summed E-state index contributed by atoms with van der Waals surface area (Å²) in [6.07, 6.45) is 2.38. The number of ketones is 2. The molecule has 0 aliphatic carbocycles. The van der Waals surface area contributed by atoms with Gasteiger partial charge in [0, 0.05) is 16.5 Å². The number of rotatable bonds is 6. The van der Waals surface area contributed by atoms with E-state index in [0.717, 1.165) is 17.3 Å². The smallest absolute Gasteiger partial charge is 0.170 e. The molecule has 0 bridgehead atoms. The van der Waals surface area contributed by atoms with Crippen LogP contribution >= 0.6 is 15.9 Å². The van der Waals surface area contributed by atoms with Gasteiger partial charge in [0.05, 0.1) is 6.42 Å². The number of carbonyl (C=O) groups excluding carboxylic acids is 2. The zero-order valence-corrected chi connectivity index (χ0v) is 10.9. The minimum atomic E-state index is -0.0950. The van der Waals surface area contributed by atoms with E-state index in [1.165, 1.54) is 0 Å². The summed E-state index contributed by atoms with van der Waals surface area (Å²) in [6.45, 7) is 2.03. The summed E-state index contributed by atoms with van der Waals surface area (Å²) < 4.78 is 0.861. The lowest BCUT2D eigenvalue weighted by atomic mass is 10.0. The van der Waals surface area contributed by atoms with Crippen LogP contribution in [0, 0.1) is 0 Å². The van der Waals surface area contributed by atoms with Gasteiger partial charge >= 0.3 is 0 Å². The van der Waals surface area contributed by atoms with Crippen LogP contribution in [0.25, 0.3) is 0 Å². The van der Waals surface area contributed by atoms with Crippen molar-refractivity contribution in [1.29, 1.82) is 0 Å². The predicted octanol–water partition coefficient (Wildman–Crippen LogP) is 3.78. The second-order valence-electron chi connectivity index (χ2n) is 3.75. The number of halogens is 1. The van der Waals surface area contributed by atoms with Gasteiger partial charge in [-0.05, 0) is 18.6 Å². The highest BCUT2D eigenvalue weighted by atomic mass is 79.9. The summed E-state index contributed by atoms with van der Waals surface area (Å²) in [4.78, 5) is 23.2. The van der Waals surface area contributed by atoms with Crippen LogP contribution in [0.3, 0.4) is 0 Å². The van der Waals surface area contributed by atoms with Gasteiger partial charge in [-0.1, -0.05) is 41.4 Å². The molecule has 2 nitrogen and oxygen atoms in total. The minimum Gasteiger partial charge on any atom is -0.299 e. The molecule has 0 saturated carbocycles. The van der Waals surface area contributed by atoms with E-state index in [-0.39, 0.29) is 18.0 Å². The van der Waals surface area contributed by atoms with E-state index in [1.807, 2.05) is 13.0 Å². The monoisotopic (exact) mass is 282 g/mol. The highest BCUT2D eigenvalue weighted by Gasteiger charge is 2.11. The topological polar surface area (TPSA) is 34.1 Å². The molecule has 1 aromatic rings. The average Bonchev–Trinajstić information content (AvgIpc) is 2.26. The lowest BCUT2D eigenvalue weighted by Crippen LogP contribution is -2.07. The van der Waals surface area contributed by atoms with Crippen molar-refractivity contribution in [3.8, 4) is 0 Å². The van der Waals surface area contributed by atoms with Crippen molar-refractivity contribution in [3.63, 3.8) is 0 Å². The van der Waals surface area contributed by atoms with Gasteiger partial charge in [0.2, 0.25) is 0 Å². The summed E-state index contributed by atoms with van der Waals surface area (Å²) in [6, 6.07) is 7.14. The molecule has 0 N–H and O–H groups in total. The molecule has 0 fully saturated rings. The van der Waals surface area contributed by atoms with Gasteiger partial charge in [-0.2, -0.15) is 0 Å². The highest BCUT2D eigenvalue weighted by Crippen LogP contribution is 2.13. The maximum Gasteiger partial charge on any atom is 0.170 e. The van der Waals surface area contributed by atoms with Crippen molar-refractivity contribution in [3.05, 3.63) is 34.3 Å². The third kappa shape index (κ3) is 4.27. The fourth-order valence-electron chi connectivity index (χ4n) is 1.41. The molecule has 1 rings (SSSR count). The Hall–Kier alpha value is -0.960. The molecule has 0 saturated heterocycles. The molecule has 0 aliphatic rings. The fourth-order valence-corrected chi connectivity index (χ4v) is 1.80. The number of unbranched alkanes of at least 4 members (excludes halogenated alkanes) is 1. The van der Waals surface area contributed by atoms with Gasteiger partial charge < -0.3 is 0 Å². The van der Waals surface area contributed by atoms with Crippen molar-refractivity contribution in [2.24, 2.45) is 0 Å². The molecule has 1 aromatic carbocycles. The number of Topliss-reactive ketones (excluding diaryl/α,β-unsaturated/α-hetero) is 2. The first kappa shape index (κ1) is 13.1. The summed E-state index contributed by atoms with van der Waals surface area (Å²) in [7, 11) is 0. The number of hydrogen-bond donors (Lipinski definition) is 0. The standard InChI is InChI=1S/C13H15BrO2/c1-2-3-7-12(15)9-13(16)10-5-4-6-11(14)8-10/h4-6,8H,2-3,7,9H2,1H3. The summed E-state index contributed by atoms with van der Waals surface area (Å²) >= 11 is 3.30. The van der Waals surface area contributed by atoms with Crippen LogP contribution in [-0.4, -0.2) is 11.6 Å². The van der Waals surface area contributed by atoms with Crippen molar-refractivity contribution < 1.29 is 9.59 Å². The van der Waals surface area contributed by atoms with E-state index < -0.39 is 0 Å². The van der Waals surface area contributed by atoms with Gasteiger partial charge in [-0.15, -0.1) is 0 Å². The second-order valence-corrected chi connectivity index (χ2v) is 4.67. The molecule has 16 heavy (non-hydrogen) atoms. The van der Waals surface area contributed by atoms with Crippen LogP contribution in [0.5, 0.6) is 0 Å². The van der Waals surface area contributed by atoms with E-state index in [2.05, 4.69) is 15.9 Å². The van der Waals surface area contributed by atoms with Crippen LogP contribution in [0.4, 0.5) is 0 Å². The molecule has 0 unspecified atom stereocenters. The predicted molar refractivity (Wildman–Crippen MR) is 67.6 cm³/mol. The first-order valence-corrected chi connectivity index (χ1v) is 6.23. The van der Waals surface area contributed by atoms with Crippen LogP contribution < -0.4 is 0 Å². The quantitative estimate of drug-likeness (QED) is 0.588. The highest BCUT2D eigenvalue weighted by molar-refractivity contribution is 9.10. The van der Waals surface area contributed by atoms with Gasteiger partial charge in [-0.25, -0.2) is 0 Å². The van der Waals surface area contributed by atoms with E-state index >= 15 is 0 Å². The van der Waals surface area contributed by atoms with Crippen LogP contribution in [-0.2, 0) is 4.79 Å². The van der Waals surface area contributed by atoms with Crippen molar-refractivity contribution in [2.45, 2.75) is 32.6 Å². The van der Waals surface area contributed by atoms with E-state index in [0.29, 0.717) is 12.0 Å². The summed E-state index contributed by atoms with van der Waals surface area (Å²) in [5.41, 5.74) is 0.597. The van der Waals surface area contributed by atoms with Crippen molar-refractivity contribution in [2.75, 3.05) is 0 Å². The van der Waals surface area contributed by atoms with Crippen LogP contribution in [0.15, 0.2) is 28.7 Å². The Kier molecular flexibility index (Phi) is 5.39. The molecule has 0 atom stereocenters. The molecular formula is C13H15BrO2. The molecule has 0 spiro atoms. The van der Waals surface area contributed by atoms with E-state index in [1.54, 1.807) is 18.2 Å². The Morgan fingerprint density at radius 1 is 1.31 bits per heavy atom. The van der Waals surface area contributed by atoms with Crippen LogP contribution in [0.2, 0.25) is 0 Å². The molecular weight excluding hydrogens is 268 g/mol. The van der Waals surface area contributed by atoms with Gasteiger partial charge in [0.1, 0.15) is 5.78 Å². The third-order valence-electron chi connectivity index (χ3n) is 2.31. The van der Waals surface area contributed by atoms with Gasteiger partial charge in [0.15, 0.2) is 5.78 Å². The second kappa shape index (κ2) is 6.59. The summed E-state index contributed by atoms with van der Waals surface area (Å²) in [5, 5.41) is 0. The van der Waals surface area contributed by atoms with Crippen molar-refractivity contribution in [1.82, 2.24) is 0 Å². The Morgan fingerprint density at radius 3 is 2.69 bits per heavy atom. The van der Waals surface area contributed by atoms with Crippen LogP contribution in [0.1, 0.15) is 43.0 Å². The molecule has 86 valence electrons. The van der Waals surface area contributed by atoms with Gasteiger partial charge in [-0.3, -0.25) is 9.59 Å². The fraction of sp³-hybridized carbons (Fsp3) is 0.385. The summed E-state index contributed by atoms with van der Waals surface area (Å²) in [5.74, 6) is -0.0609. The lowest BCUT2D eigenvalue weighted by molar-refractivity contribution is -0.118. The number of carbonyl (C=O) groups is 2. The minimum absolute atomic E-state index is 0.0243. The van der Waals surface area contributed by atoms with Crippen molar-refractivity contribution >= 4 is 27.5 Å². The maximum atomic E-state index is 11.7. The maximum absolute atomic E-state index is 11.7. The lowest BCUT2D eigenvalue weighted by Gasteiger charge is -2.01. The SMILES string of the molecule is CCCCC(=O)CC(=O)c1cccc(Br)c1. The zero-order valence-electron chi connectivity index (χ0n) is 9.33. The Balaban J connectivity index is 2.55. The third-order valence-corrected chi connectivity index (χ3v) is 2.81. The molecule has 0 amide bonds. The normalized spacial score (nSPS) is 10.1. The molecule has 0 radical (unpaired) electrons. The number of benzene rings is 1. The number of hydrogen-bond acceptors (Lipinski definition) is 2. The molecule has 0 heterocycles. The first-order chi connectivity index (χ1) is 7.63. The van der Waals surface area contributed by atoms with E-state index in [4.69, 9.17) is 0 Å². The Morgan fingerprint density at radius 2 is 2.06 bits per heavy atom. The zero-order chi connectivity index (χ0) is 12.0. The Bertz CT molecular complexity index is 385. The van der Waals surface area contributed by atoms with E-state index in [9.17, 15) is 9.59 Å². The molecule has 0 aliphatic heterocycles. The van der Waals surface area contributed by atoms with Gasteiger partial charge in [0.25, 0.3) is 0 Å². The molecule has 3 heteroatoms. The molecule has 0 aromatic heterocycles. The average molecular weight is 283 g/mol. The Labute approximate surface area is 104 Å².